The van der Waals surface area contributed by atoms with Gasteiger partial charge in [0.2, 0.25) is 18.3 Å². The molecule has 1 aliphatic heterocycles. The van der Waals surface area contributed by atoms with Crippen LogP contribution in [0.4, 0.5) is 11.4 Å². The van der Waals surface area contributed by atoms with Crippen molar-refractivity contribution in [1.82, 2.24) is 0 Å². The highest BCUT2D eigenvalue weighted by atomic mass is 16.2. The van der Waals surface area contributed by atoms with Gasteiger partial charge in [0.25, 0.3) is 11.8 Å². The van der Waals surface area contributed by atoms with Crippen LogP contribution in [0.2, 0.25) is 0 Å². The fourth-order valence-corrected chi connectivity index (χ4v) is 3.47. The van der Waals surface area contributed by atoms with Crippen LogP contribution in [0.3, 0.4) is 0 Å². The first kappa shape index (κ1) is 17.0. The van der Waals surface area contributed by atoms with Crippen molar-refractivity contribution < 1.29 is 14.2 Å². The number of carbonyl (C=O) groups is 2. The molecule has 0 aliphatic carbocycles. The second kappa shape index (κ2) is 7.03. The van der Waals surface area contributed by atoms with E-state index in [-0.39, 0.29) is 18.4 Å². The summed E-state index contributed by atoms with van der Waals surface area (Å²) in [6.07, 6.45) is 1.84. The molecule has 5 nitrogen and oxygen atoms in total. The van der Waals surface area contributed by atoms with Crippen LogP contribution < -0.4 is 14.8 Å². The molecule has 0 bridgehead atoms. The van der Waals surface area contributed by atoms with E-state index in [1.165, 1.54) is 0 Å². The Labute approximate surface area is 157 Å². The molecular formula is C22H20N3O2+. The average molecular weight is 358 g/mol. The zero-order valence-electron chi connectivity index (χ0n) is 15.0. The molecule has 134 valence electrons. The summed E-state index contributed by atoms with van der Waals surface area (Å²) in [5.74, 6) is -0.348. The Bertz CT molecular complexity index is 1000. The standard InChI is InChI=1S/C22H19N3O2/c1-16-9-5-6-12-18(16)25-20(26)15-24-14-8-7-13-19(24)21(25)22(27)23-17-10-3-2-4-11-17/h2-14,21H,15H2,1H3/p+1. The lowest BCUT2D eigenvalue weighted by Gasteiger charge is -2.33. The van der Waals surface area contributed by atoms with Gasteiger partial charge in [-0.25, -0.2) is 0 Å². The van der Waals surface area contributed by atoms with Gasteiger partial charge in [0.15, 0.2) is 6.20 Å². The van der Waals surface area contributed by atoms with Crippen LogP contribution in [-0.4, -0.2) is 11.8 Å². The molecule has 0 radical (unpaired) electrons. The Hall–Kier alpha value is -3.47. The van der Waals surface area contributed by atoms with Gasteiger partial charge in [-0.3, -0.25) is 14.5 Å². The minimum absolute atomic E-state index is 0.110. The van der Waals surface area contributed by atoms with Crippen LogP contribution in [-0.2, 0) is 16.1 Å². The summed E-state index contributed by atoms with van der Waals surface area (Å²) in [5, 5.41) is 2.95. The first-order chi connectivity index (χ1) is 13.1. The topological polar surface area (TPSA) is 53.3 Å². The zero-order chi connectivity index (χ0) is 18.8. The minimum Gasteiger partial charge on any atom is -0.324 e. The molecule has 3 aromatic rings. The summed E-state index contributed by atoms with van der Waals surface area (Å²) in [7, 11) is 0. The molecule has 4 rings (SSSR count). The Morgan fingerprint density at radius 3 is 2.48 bits per heavy atom. The van der Waals surface area contributed by atoms with Crippen LogP contribution in [0.25, 0.3) is 0 Å². The third-order valence-corrected chi connectivity index (χ3v) is 4.75. The predicted octanol–water partition coefficient (Wildman–Crippen LogP) is 3.01. The van der Waals surface area contributed by atoms with Gasteiger partial charge in [-0.05, 0) is 30.7 Å². The van der Waals surface area contributed by atoms with Crippen LogP contribution in [0.5, 0.6) is 0 Å². The Morgan fingerprint density at radius 1 is 1.00 bits per heavy atom. The fraction of sp³-hybridized carbons (Fsp3) is 0.136. The lowest BCUT2D eigenvalue weighted by Crippen LogP contribution is -2.58. The Morgan fingerprint density at radius 2 is 1.70 bits per heavy atom. The molecule has 0 fully saturated rings. The van der Waals surface area contributed by atoms with E-state index in [0.717, 1.165) is 16.9 Å². The van der Waals surface area contributed by atoms with Crippen molar-refractivity contribution in [3.63, 3.8) is 0 Å². The van der Waals surface area contributed by atoms with Gasteiger partial charge in [-0.2, -0.15) is 4.57 Å². The number of hydrogen-bond acceptors (Lipinski definition) is 2. The van der Waals surface area contributed by atoms with Crippen LogP contribution in [0.1, 0.15) is 17.3 Å². The van der Waals surface area contributed by atoms with Crippen LogP contribution in [0.15, 0.2) is 79.0 Å². The molecule has 1 aromatic heterocycles. The molecule has 1 N–H and O–H groups in total. The molecule has 5 heteroatoms. The predicted molar refractivity (Wildman–Crippen MR) is 103 cm³/mol. The van der Waals surface area contributed by atoms with Gasteiger partial charge < -0.3 is 5.32 Å². The third kappa shape index (κ3) is 3.19. The number of anilines is 2. The summed E-state index contributed by atoms with van der Waals surface area (Å²) < 4.78 is 1.84. The van der Waals surface area contributed by atoms with E-state index >= 15 is 0 Å². The highest BCUT2D eigenvalue weighted by Crippen LogP contribution is 2.31. The van der Waals surface area contributed by atoms with Gasteiger partial charge in [-0.15, -0.1) is 0 Å². The summed E-state index contributed by atoms with van der Waals surface area (Å²) in [6, 6.07) is 21.8. The largest absolute Gasteiger partial charge is 0.324 e. The molecule has 2 heterocycles. The van der Waals surface area contributed by atoms with E-state index in [4.69, 9.17) is 0 Å². The van der Waals surface area contributed by atoms with E-state index in [0.29, 0.717) is 5.69 Å². The number of benzene rings is 2. The number of amides is 2. The maximum absolute atomic E-state index is 13.3. The molecular weight excluding hydrogens is 338 g/mol. The minimum atomic E-state index is -0.742. The van der Waals surface area contributed by atoms with Crippen molar-refractivity contribution in [3.05, 3.63) is 90.3 Å². The number of para-hydroxylation sites is 2. The lowest BCUT2D eigenvalue weighted by atomic mass is 10.0. The van der Waals surface area contributed by atoms with Crippen molar-refractivity contribution in [3.8, 4) is 0 Å². The van der Waals surface area contributed by atoms with Crippen LogP contribution in [0, 0.1) is 6.92 Å². The summed E-state index contributed by atoms with van der Waals surface area (Å²) in [5.41, 5.74) is 3.19. The number of rotatable bonds is 3. The molecule has 27 heavy (non-hydrogen) atoms. The first-order valence-electron chi connectivity index (χ1n) is 8.87. The van der Waals surface area contributed by atoms with E-state index < -0.39 is 6.04 Å². The monoisotopic (exact) mass is 358 g/mol. The van der Waals surface area contributed by atoms with Gasteiger partial charge in [0.1, 0.15) is 0 Å². The second-order valence-electron chi connectivity index (χ2n) is 6.56. The highest BCUT2D eigenvalue weighted by molar-refractivity contribution is 6.05. The molecule has 0 spiro atoms. The Balaban J connectivity index is 1.80. The number of nitrogens with one attached hydrogen (secondary N) is 1. The normalized spacial score (nSPS) is 16.0. The molecule has 2 amide bonds. The quantitative estimate of drug-likeness (QED) is 0.732. The van der Waals surface area contributed by atoms with Crippen molar-refractivity contribution >= 4 is 23.2 Å². The zero-order valence-corrected chi connectivity index (χ0v) is 15.0. The van der Waals surface area contributed by atoms with Gasteiger partial charge in [0, 0.05) is 23.5 Å². The van der Waals surface area contributed by atoms with Crippen LogP contribution >= 0.6 is 0 Å². The Kier molecular flexibility index (Phi) is 4.42. The molecule has 0 saturated heterocycles. The number of pyridine rings is 1. The van der Waals surface area contributed by atoms with E-state index in [9.17, 15) is 9.59 Å². The van der Waals surface area contributed by atoms with Crippen molar-refractivity contribution in [1.29, 1.82) is 0 Å². The summed E-state index contributed by atoms with van der Waals surface area (Å²) in [4.78, 5) is 27.9. The number of aromatic nitrogens is 1. The fourth-order valence-electron chi connectivity index (χ4n) is 3.47. The maximum Gasteiger partial charge on any atom is 0.294 e. The van der Waals surface area contributed by atoms with Crippen molar-refractivity contribution in [2.24, 2.45) is 0 Å². The summed E-state index contributed by atoms with van der Waals surface area (Å²) >= 11 is 0. The van der Waals surface area contributed by atoms with Gasteiger partial charge in [0.05, 0.1) is 0 Å². The highest BCUT2D eigenvalue weighted by Gasteiger charge is 2.44. The lowest BCUT2D eigenvalue weighted by molar-refractivity contribution is -0.695. The third-order valence-electron chi connectivity index (χ3n) is 4.75. The molecule has 1 atom stereocenters. The molecule has 1 unspecified atom stereocenters. The van der Waals surface area contributed by atoms with E-state index in [1.807, 2.05) is 90.5 Å². The number of carbonyl (C=O) groups excluding carboxylic acids is 2. The molecule has 1 aliphatic rings. The number of nitrogens with zero attached hydrogens (tertiary/aromatic N) is 2. The average Bonchev–Trinajstić information content (AvgIpc) is 2.68. The van der Waals surface area contributed by atoms with Gasteiger partial charge >= 0.3 is 0 Å². The summed E-state index contributed by atoms with van der Waals surface area (Å²) in [6.45, 7) is 2.15. The number of hydrogen-bond donors (Lipinski definition) is 1. The second-order valence-corrected chi connectivity index (χ2v) is 6.56. The van der Waals surface area contributed by atoms with Crippen molar-refractivity contribution in [2.75, 3.05) is 10.2 Å². The van der Waals surface area contributed by atoms with Gasteiger partial charge in [-0.1, -0.05) is 42.5 Å². The number of aryl methyl sites for hydroxylation is 1. The SMILES string of the molecule is Cc1ccccc1N1C(=O)C[n+]2ccccc2C1C(=O)Nc1ccccc1. The first-order valence-corrected chi connectivity index (χ1v) is 8.87. The maximum atomic E-state index is 13.3. The number of fused-ring (bicyclic) bond motifs is 1. The molecule has 0 saturated carbocycles. The van der Waals surface area contributed by atoms with Crippen molar-refractivity contribution in [2.45, 2.75) is 19.5 Å². The molecule has 2 aromatic carbocycles. The van der Waals surface area contributed by atoms with E-state index in [2.05, 4.69) is 5.32 Å². The smallest absolute Gasteiger partial charge is 0.294 e. The van der Waals surface area contributed by atoms with E-state index in [1.54, 1.807) is 4.90 Å².